The number of aryl methyl sites for hydroxylation is 1. The van der Waals surface area contributed by atoms with Gasteiger partial charge in [-0.05, 0) is 74.7 Å². The normalized spacial score (nSPS) is 14.6. The molecule has 7 nitrogen and oxygen atoms in total. The highest BCUT2D eigenvalue weighted by Gasteiger charge is 2.28. The van der Waals surface area contributed by atoms with Crippen LogP contribution in [0, 0.1) is 0 Å². The molecule has 0 spiro atoms. The number of amides is 1. The predicted octanol–water partition coefficient (Wildman–Crippen LogP) is 3.49. The number of fused-ring (bicyclic) bond motifs is 1. The van der Waals surface area contributed by atoms with Crippen LogP contribution in [0.1, 0.15) is 50.0 Å². The molecule has 1 amide bonds. The molecule has 0 fully saturated rings. The number of nitrogens with zero attached hydrogens (tertiary/aromatic N) is 2. The van der Waals surface area contributed by atoms with Crippen molar-refractivity contribution < 1.29 is 21.6 Å². The van der Waals surface area contributed by atoms with Gasteiger partial charge in [-0.3, -0.25) is 4.79 Å². The van der Waals surface area contributed by atoms with Crippen LogP contribution in [0.4, 0.5) is 5.69 Å². The molecule has 32 heavy (non-hydrogen) atoms. The van der Waals surface area contributed by atoms with Crippen LogP contribution in [-0.2, 0) is 26.3 Å². The van der Waals surface area contributed by atoms with Crippen molar-refractivity contribution in [1.29, 1.82) is 0 Å². The van der Waals surface area contributed by atoms with Crippen molar-refractivity contribution in [3.63, 3.8) is 0 Å². The van der Waals surface area contributed by atoms with Gasteiger partial charge in [0, 0.05) is 30.9 Å². The quantitative estimate of drug-likeness (QED) is 0.607. The van der Waals surface area contributed by atoms with E-state index >= 15 is 0 Å². The zero-order chi connectivity index (χ0) is 23.7. The van der Waals surface area contributed by atoms with Crippen LogP contribution in [0.25, 0.3) is 0 Å². The van der Waals surface area contributed by atoms with E-state index in [0.29, 0.717) is 43.7 Å². The molecule has 1 aliphatic rings. The Hall–Kier alpha value is -2.23. The molecule has 9 heteroatoms. The summed E-state index contributed by atoms with van der Waals surface area (Å²) in [5.41, 5.74) is 1.90. The van der Waals surface area contributed by atoms with Gasteiger partial charge in [0.25, 0.3) is 5.91 Å². The van der Waals surface area contributed by atoms with Crippen molar-refractivity contribution in [2.45, 2.75) is 55.6 Å². The standard InChI is InChI=1S/C23H30N2O5S2/c1-5-24(6-2)32(29,30)21-13-14-22-19(16-21)8-7-15-25(22)23(26)18-9-11-20(12-10-18)31(27,28)17(3)4/h9-14,16-17H,5-8,15H2,1-4H3. The maximum atomic E-state index is 13.2. The highest BCUT2D eigenvalue weighted by atomic mass is 32.2. The van der Waals surface area contributed by atoms with Crippen molar-refractivity contribution in [2.75, 3.05) is 24.5 Å². The second-order valence-electron chi connectivity index (χ2n) is 8.06. The van der Waals surface area contributed by atoms with E-state index in [1.54, 1.807) is 50.8 Å². The van der Waals surface area contributed by atoms with E-state index in [2.05, 4.69) is 0 Å². The van der Waals surface area contributed by atoms with Crippen molar-refractivity contribution in [1.82, 2.24) is 4.31 Å². The molecule has 3 rings (SSSR count). The maximum Gasteiger partial charge on any atom is 0.258 e. The highest BCUT2D eigenvalue weighted by molar-refractivity contribution is 7.92. The van der Waals surface area contributed by atoms with Crippen molar-refractivity contribution in [2.24, 2.45) is 0 Å². The van der Waals surface area contributed by atoms with Gasteiger partial charge in [0.05, 0.1) is 15.0 Å². The van der Waals surface area contributed by atoms with E-state index in [-0.39, 0.29) is 15.7 Å². The van der Waals surface area contributed by atoms with E-state index in [1.165, 1.54) is 28.6 Å². The average Bonchev–Trinajstić information content (AvgIpc) is 2.78. The molecule has 0 saturated heterocycles. The minimum absolute atomic E-state index is 0.189. The van der Waals surface area contributed by atoms with Gasteiger partial charge in [-0.2, -0.15) is 4.31 Å². The Balaban J connectivity index is 1.92. The number of rotatable bonds is 7. The van der Waals surface area contributed by atoms with Crippen molar-refractivity contribution >= 4 is 31.5 Å². The molecule has 0 aromatic heterocycles. The second-order valence-corrected chi connectivity index (χ2v) is 12.5. The molecule has 0 atom stereocenters. The number of sulfonamides is 1. The molecule has 0 N–H and O–H groups in total. The SMILES string of the molecule is CCN(CC)S(=O)(=O)c1ccc2c(c1)CCCN2C(=O)c1ccc(S(=O)(=O)C(C)C)cc1. The number of hydrogen-bond donors (Lipinski definition) is 0. The van der Waals surface area contributed by atoms with Gasteiger partial charge >= 0.3 is 0 Å². The first-order valence-electron chi connectivity index (χ1n) is 10.8. The third-order valence-corrected chi connectivity index (χ3v) is 10.0. The van der Waals surface area contributed by atoms with Crippen molar-refractivity contribution in [3.8, 4) is 0 Å². The monoisotopic (exact) mass is 478 g/mol. The highest BCUT2D eigenvalue weighted by Crippen LogP contribution is 2.31. The van der Waals surface area contributed by atoms with Crippen LogP contribution in [0.15, 0.2) is 52.3 Å². The molecule has 2 aromatic carbocycles. The number of sulfone groups is 1. The van der Waals surface area contributed by atoms with E-state index in [1.807, 2.05) is 0 Å². The molecular formula is C23H30N2O5S2. The molecule has 2 aromatic rings. The molecule has 0 radical (unpaired) electrons. The number of benzene rings is 2. The summed E-state index contributed by atoms with van der Waals surface area (Å²) in [6.07, 6.45) is 1.40. The molecule has 0 bridgehead atoms. The predicted molar refractivity (Wildman–Crippen MR) is 125 cm³/mol. The summed E-state index contributed by atoms with van der Waals surface area (Å²) in [6.45, 7) is 8.14. The lowest BCUT2D eigenvalue weighted by molar-refractivity contribution is 0.0985. The Morgan fingerprint density at radius 2 is 1.56 bits per heavy atom. The number of anilines is 1. The van der Waals surface area contributed by atoms with E-state index < -0.39 is 25.1 Å². The van der Waals surface area contributed by atoms with Gasteiger partial charge in [0.2, 0.25) is 10.0 Å². The zero-order valence-corrected chi connectivity index (χ0v) is 20.5. The first-order chi connectivity index (χ1) is 15.0. The lowest BCUT2D eigenvalue weighted by atomic mass is 10.0. The minimum atomic E-state index is -3.58. The first-order valence-corrected chi connectivity index (χ1v) is 13.8. The van der Waals surface area contributed by atoms with Crippen molar-refractivity contribution in [3.05, 3.63) is 53.6 Å². The summed E-state index contributed by atoms with van der Waals surface area (Å²) < 4.78 is 51.8. The minimum Gasteiger partial charge on any atom is -0.308 e. The molecule has 1 heterocycles. The Morgan fingerprint density at radius 1 is 0.969 bits per heavy atom. The Morgan fingerprint density at radius 3 is 2.12 bits per heavy atom. The van der Waals surface area contributed by atoms with Crippen LogP contribution in [0.3, 0.4) is 0 Å². The van der Waals surface area contributed by atoms with Gasteiger partial charge in [0.1, 0.15) is 0 Å². The Bertz CT molecular complexity index is 1200. The van der Waals surface area contributed by atoms with Crippen LogP contribution in [0.2, 0.25) is 0 Å². The van der Waals surface area contributed by atoms with Gasteiger partial charge in [-0.25, -0.2) is 16.8 Å². The lowest BCUT2D eigenvalue weighted by Crippen LogP contribution is -2.36. The summed E-state index contributed by atoms with van der Waals surface area (Å²) in [5, 5.41) is -0.542. The smallest absolute Gasteiger partial charge is 0.258 e. The van der Waals surface area contributed by atoms with Crippen LogP contribution in [-0.4, -0.2) is 51.9 Å². The molecule has 0 saturated carbocycles. The molecule has 174 valence electrons. The summed E-state index contributed by atoms with van der Waals surface area (Å²) >= 11 is 0. The number of carbonyl (C=O) groups excluding carboxylic acids is 1. The van der Waals surface area contributed by atoms with Gasteiger partial charge in [-0.1, -0.05) is 13.8 Å². The van der Waals surface area contributed by atoms with Crippen LogP contribution < -0.4 is 4.90 Å². The fraction of sp³-hybridized carbons (Fsp3) is 0.435. The fourth-order valence-electron chi connectivity index (χ4n) is 3.87. The molecular weight excluding hydrogens is 448 g/mol. The maximum absolute atomic E-state index is 13.2. The average molecular weight is 479 g/mol. The summed E-state index contributed by atoms with van der Waals surface area (Å²) in [6, 6.07) is 10.9. The zero-order valence-electron chi connectivity index (χ0n) is 18.9. The van der Waals surface area contributed by atoms with Crippen LogP contribution >= 0.6 is 0 Å². The van der Waals surface area contributed by atoms with Gasteiger partial charge in [-0.15, -0.1) is 0 Å². The second kappa shape index (κ2) is 9.33. The van der Waals surface area contributed by atoms with E-state index in [0.717, 1.165) is 5.56 Å². The van der Waals surface area contributed by atoms with Gasteiger partial charge < -0.3 is 4.90 Å². The lowest BCUT2D eigenvalue weighted by Gasteiger charge is -2.30. The summed E-state index contributed by atoms with van der Waals surface area (Å²) in [7, 11) is -6.99. The largest absolute Gasteiger partial charge is 0.308 e. The Labute approximate surface area is 191 Å². The Kier molecular flexibility index (Phi) is 7.12. The van der Waals surface area contributed by atoms with E-state index in [4.69, 9.17) is 0 Å². The summed E-state index contributed by atoms with van der Waals surface area (Å²) in [5.74, 6) is -0.237. The number of hydrogen-bond acceptors (Lipinski definition) is 5. The van der Waals surface area contributed by atoms with Crippen LogP contribution in [0.5, 0.6) is 0 Å². The van der Waals surface area contributed by atoms with E-state index in [9.17, 15) is 21.6 Å². The molecule has 0 unspecified atom stereocenters. The van der Waals surface area contributed by atoms with Gasteiger partial charge in [0.15, 0.2) is 9.84 Å². The first kappa shape index (κ1) is 24.4. The third-order valence-electron chi connectivity index (χ3n) is 5.81. The molecule has 1 aliphatic heterocycles. The topological polar surface area (TPSA) is 91.8 Å². The fourth-order valence-corrected chi connectivity index (χ4v) is 6.44. The summed E-state index contributed by atoms with van der Waals surface area (Å²) in [4.78, 5) is 15.3. The molecule has 0 aliphatic carbocycles. The number of carbonyl (C=O) groups is 1. The third kappa shape index (κ3) is 4.46.